The van der Waals surface area contributed by atoms with E-state index >= 15 is 0 Å². The van der Waals surface area contributed by atoms with Gasteiger partial charge in [0.1, 0.15) is 5.52 Å². The SMILES string of the molecule is COc1cc2ncc3ncn(Cc4ccc(C(=O)NO)cc4)c3c2cc1OC. The molecule has 1 amide bonds. The molecule has 2 aromatic carbocycles. The van der Waals surface area contributed by atoms with Crippen LogP contribution >= 0.6 is 0 Å². The minimum absolute atomic E-state index is 0.383. The Morgan fingerprint density at radius 3 is 2.46 bits per heavy atom. The lowest BCUT2D eigenvalue weighted by Gasteiger charge is -2.11. The summed E-state index contributed by atoms with van der Waals surface area (Å²) in [6.45, 7) is 0.560. The van der Waals surface area contributed by atoms with E-state index in [2.05, 4.69) is 9.97 Å². The van der Waals surface area contributed by atoms with Crippen molar-refractivity contribution in [2.75, 3.05) is 14.2 Å². The Bertz CT molecular complexity index is 1170. The van der Waals surface area contributed by atoms with Gasteiger partial charge in [-0.25, -0.2) is 10.5 Å². The van der Waals surface area contributed by atoms with Gasteiger partial charge in [-0.05, 0) is 23.8 Å². The van der Waals surface area contributed by atoms with Crippen molar-refractivity contribution in [3.8, 4) is 11.5 Å². The van der Waals surface area contributed by atoms with E-state index in [0.29, 0.717) is 23.6 Å². The average molecular weight is 378 g/mol. The number of aromatic nitrogens is 3. The number of nitrogens with zero attached hydrogens (tertiary/aromatic N) is 3. The van der Waals surface area contributed by atoms with Gasteiger partial charge in [0.15, 0.2) is 11.5 Å². The van der Waals surface area contributed by atoms with Crippen LogP contribution in [0.25, 0.3) is 21.9 Å². The molecule has 0 aliphatic rings. The number of rotatable bonds is 5. The molecule has 2 N–H and O–H groups in total. The Balaban J connectivity index is 1.79. The Hall–Kier alpha value is -3.65. The average Bonchev–Trinajstić information content (AvgIpc) is 3.15. The fourth-order valence-electron chi connectivity index (χ4n) is 3.22. The maximum absolute atomic E-state index is 11.5. The van der Waals surface area contributed by atoms with E-state index < -0.39 is 5.91 Å². The first kappa shape index (κ1) is 17.7. The Morgan fingerprint density at radius 1 is 1.07 bits per heavy atom. The molecule has 0 saturated heterocycles. The van der Waals surface area contributed by atoms with Gasteiger partial charge in [-0.15, -0.1) is 0 Å². The van der Waals surface area contributed by atoms with Gasteiger partial charge in [0, 0.05) is 23.6 Å². The van der Waals surface area contributed by atoms with Crippen molar-refractivity contribution in [3.05, 3.63) is 60.0 Å². The highest BCUT2D eigenvalue weighted by Crippen LogP contribution is 2.34. The van der Waals surface area contributed by atoms with Crippen molar-refractivity contribution in [3.63, 3.8) is 0 Å². The van der Waals surface area contributed by atoms with Crippen molar-refractivity contribution >= 4 is 27.8 Å². The van der Waals surface area contributed by atoms with Gasteiger partial charge in [-0.1, -0.05) is 12.1 Å². The lowest BCUT2D eigenvalue weighted by molar-refractivity contribution is 0.0706. The third-order valence-corrected chi connectivity index (χ3v) is 4.62. The van der Waals surface area contributed by atoms with Crippen molar-refractivity contribution in [2.45, 2.75) is 6.54 Å². The Morgan fingerprint density at radius 2 is 1.79 bits per heavy atom. The normalized spacial score (nSPS) is 11.0. The zero-order valence-electron chi connectivity index (χ0n) is 15.3. The fourth-order valence-corrected chi connectivity index (χ4v) is 3.22. The maximum atomic E-state index is 11.5. The number of hydroxylamine groups is 1. The van der Waals surface area contributed by atoms with Crippen molar-refractivity contribution < 1.29 is 19.5 Å². The van der Waals surface area contributed by atoms with Crippen LogP contribution in [0.15, 0.2) is 48.9 Å². The molecule has 0 aliphatic carbocycles. The standard InChI is InChI=1S/C20H18N4O4/c1-27-17-7-14-15(8-18(17)28-2)21-9-16-19(14)24(11-22-16)10-12-3-5-13(6-4-12)20(25)23-26/h3-9,11,26H,10H2,1-2H3,(H,23,25). The van der Waals surface area contributed by atoms with Crippen molar-refractivity contribution in [1.82, 2.24) is 20.0 Å². The molecule has 0 unspecified atom stereocenters. The lowest BCUT2D eigenvalue weighted by Crippen LogP contribution is -2.18. The molecule has 2 aromatic heterocycles. The largest absolute Gasteiger partial charge is 0.493 e. The molecule has 0 fully saturated rings. The predicted molar refractivity (Wildman–Crippen MR) is 103 cm³/mol. The number of fused-ring (bicyclic) bond motifs is 3. The van der Waals surface area contributed by atoms with Gasteiger partial charge in [-0.3, -0.25) is 15.0 Å². The van der Waals surface area contributed by atoms with E-state index in [1.165, 1.54) is 0 Å². The molecule has 142 valence electrons. The summed E-state index contributed by atoms with van der Waals surface area (Å²) in [5.74, 6) is 0.694. The van der Waals surface area contributed by atoms with Crippen LogP contribution in [0.5, 0.6) is 11.5 Å². The fraction of sp³-hybridized carbons (Fsp3) is 0.150. The molecule has 8 nitrogen and oxygen atoms in total. The second-order valence-corrected chi connectivity index (χ2v) is 6.23. The van der Waals surface area contributed by atoms with Crippen molar-refractivity contribution in [1.29, 1.82) is 0 Å². The maximum Gasteiger partial charge on any atom is 0.274 e. The van der Waals surface area contributed by atoms with Gasteiger partial charge >= 0.3 is 0 Å². The first-order chi connectivity index (χ1) is 13.6. The van der Waals surface area contributed by atoms with Crippen LogP contribution < -0.4 is 15.0 Å². The molecule has 2 heterocycles. The van der Waals surface area contributed by atoms with Gasteiger partial charge in [0.2, 0.25) is 0 Å². The third-order valence-electron chi connectivity index (χ3n) is 4.62. The van der Waals surface area contributed by atoms with E-state index in [4.69, 9.17) is 14.7 Å². The zero-order valence-corrected chi connectivity index (χ0v) is 15.3. The number of ether oxygens (including phenoxy) is 2. The van der Waals surface area contributed by atoms with Crippen LogP contribution in [-0.4, -0.2) is 39.9 Å². The van der Waals surface area contributed by atoms with Crippen LogP contribution in [0.1, 0.15) is 15.9 Å². The number of hydrogen-bond donors (Lipinski definition) is 2. The lowest BCUT2D eigenvalue weighted by atomic mass is 10.1. The smallest absolute Gasteiger partial charge is 0.274 e. The Labute approximate surface area is 160 Å². The molecule has 0 bridgehead atoms. The number of benzene rings is 2. The monoisotopic (exact) mass is 378 g/mol. The van der Waals surface area contributed by atoms with E-state index in [9.17, 15) is 4.79 Å². The summed E-state index contributed by atoms with van der Waals surface area (Å²) < 4.78 is 12.8. The number of amides is 1. The van der Waals surface area contributed by atoms with Crippen LogP contribution in [-0.2, 0) is 6.54 Å². The second kappa shape index (κ2) is 7.16. The topological polar surface area (TPSA) is 98.5 Å². The van der Waals surface area contributed by atoms with Crippen LogP contribution in [0.2, 0.25) is 0 Å². The molecule has 4 rings (SSSR count). The summed E-state index contributed by atoms with van der Waals surface area (Å²) >= 11 is 0. The summed E-state index contributed by atoms with van der Waals surface area (Å²) in [7, 11) is 3.19. The number of hydrogen-bond acceptors (Lipinski definition) is 6. The molecular weight excluding hydrogens is 360 g/mol. The summed E-state index contributed by atoms with van der Waals surface area (Å²) in [6, 6.07) is 10.7. The number of pyridine rings is 1. The van der Waals surface area contributed by atoms with Gasteiger partial charge < -0.3 is 14.0 Å². The van der Waals surface area contributed by atoms with E-state index in [1.807, 2.05) is 28.8 Å². The molecule has 0 atom stereocenters. The minimum Gasteiger partial charge on any atom is -0.493 e. The van der Waals surface area contributed by atoms with E-state index in [-0.39, 0.29) is 0 Å². The number of methoxy groups -OCH3 is 2. The van der Waals surface area contributed by atoms with Crippen LogP contribution in [0.3, 0.4) is 0 Å². The Kier molecular flexibility index (Phi) is 4.54. The molecule has 0 saturated carbocycles. The first-order valence-electron chi connectivity index (χ1n) is 8.53. The quantitative estimate of drug-likeness (QED) is 0.409. The first-order valence-corrected chi connectivity index (χ1v) is 8.53. The highest BCUT2D eigenvalue weighted by Gasteiger charge is 2.13. The van der Waals surface area contributed by atoms with Gasteiger partial charge in [-0.2, -0.15) is 0 Å². The molecular formula is C20H18N4O4. The summed E-state index contributed by atoms with van der Waals surface area (Å²) in [5, 5.41) is 9.63. The molecule has 0 aliphatic heterocycles. The molecule has 8 heteroatoms. The molecule has 0 radical (unpaired) electrons. The summed E-state index contributed by atoms with van der Waals surface area (Å²) in [4.78, 5) is 20.4. The highest BCUT2D eigenvalue weighted by molar-refractivity contribution is 6.03. The molecule has 0 spiro atoms. The summed E-state index contributed by atoms with van der Waals surface area (Å²) in [5.41, 5.74) is 5.48. The highest BCUT2D eigenvalue weighted by atomic mass is 16.5. The van der Waals surface area contributed by atoms with Gasteiger partial charge in [0.05, 0.1) is 37.8 Å². The second-order valence-electron chi connectivity index (χ2n) is 6.23. The van der Waals surface area contributed by atoms with Crippen molar-refractivity contribution in [2.24, 2.45) is 0 Å². The van der Waals surface area contributed by atoms with Crippen LogP contribution in [0, 0.1) is 0 Å². The summed E-state index contributed by atoms with van der Waals surface area (Å²) in [6.07, 6.45) is 3.49. The number of carbonyl (C=O) groups excluding carboxylic acids is 1. The van der Waals surface area contributed by atoms with E-state index in [0.717, 1.165) is 27.5 Å². The predicted octanol–water partition coefficient (Wildman–Crippen LogP) is 2.77. The van der Waals surface area contributed by atoms with Crippen LogP contribution in [0.4, 0.5) is 0 Å². The number of nitrogens with one attached hydrogen (secondary N) is 1. The van der Waals surface area contributed by atoms with E-state index in [1.54, 1.807) is 44.4 Å². The zero-order chi connectivity index (χ0) is 19.7. The molecule has 4 aromatic rings. The molecule has 28 heavy (non-hydrogen) atoms. The number of imidazole rings is 1. The third kappa shape index (κ3) is 2.99. The minimum atomic E-state index is -0.544. The van der Waals surface area contributed by atoms with Gasteiger partial charge in [0.25, 0.3) is 5.91 Å². The number of carbonyl (C=O) groups is 1.